The highest BCUT2D eigenvalue weighted by Crippen LogP contribution is 2.19. The Morgan fingerprint density at radius 2 is 2.14 bits per heavy atom. The van der Waals surface area contributed by atoms with Gasteiger partial charge in [0.15, 0.2) is 5.76 Å². The number of nitrogens with one attached hydrogen (secondary N) is 2. The van der Waals surface area contributed by atoms with Gasteiger partial charge in [-0.05, 0) is 38.1 Å². The lowest BCUT2D eigenvalue weighted by Gasteiger charge is -2.03. The Bertz CT molecular complexity index is 806. The summed E-state index contributed by atoms with van der Waals surface area (Å²) in [7, 11) is 0. The monoisotopic (exact) mass is 297 g/mol. The molecule has 0 bridgehead atoms. The van der Waals surface area contributed by atoms with E-state index in [-0.39, 0.29) is 11.6 Å². The third kappa shape index (κ3) is 3.03. The van der Waals surface area contributed by atoms with Crippen molar-refractivity contribution in [3.8, 4) is 11.5 Å². The molecular formula is C15H15N5O2. The van der Waals surface area contributed by atoms with Gasteiger partial charge in [-0.1, -0.05) is 0 Å². The van der Waals surface area contributed by atoms with E-state index in [9.17, 15) is 4.79 Å². The zero-order valence-electron chi connectivity index (χ0n) is 12.3. The molecule has 0 aromatic carbocycles. The molecule has 3 aromatic rings. The van der Waals surface area contributed by atoms with Crippen molar-refractivity contribution in [2.45, 2.75) is 20.4 Å². The van der Waals surface area contributed by atoms with Gasteiger partial charge in [-0.25, -0.2) is 9.97 Å². The third-order valence-electron chi connectivity index (χ3n) is 3.08. The minimum atomic E-state index is -0.285. The maximum Gasteiger partial charge on any atom is 0.270 e. The average Bonchev–Trinajstić information content (AvgIpc) is 3.13. The van der Waals surface area contributed by atoms with Gasteiger partial charge in [0.25, 0.3) is 5.91 Å². The Morgan fingerprint density at radius 3 is 2.82 bits per heavy atom. The van der Waals surface area contributed by atoms with Crippen LogP contribution in [-0.2, 0) is 6.54 Å². The Morgan fingerprint density at radius 1 is 1.27 bits per heavy atom. The van der Waals surface area contributed by atoms with Crippen LogP contribution in [0.2, 0.25) is 0 Å². The largest absolute Gasteiger partial charge is 0.460 e. The highest BCUT2D eigenvalue weighted by molar-refractivity contribution is 5.92. The van der Waals surface area contributed by atoms with Gasteiger partial charge in [-0.15, -0.1) is 0 Å². The van der Waals surface area contributed by atoms with Crippen LogP contribution in [0.1, 0.15) is 27.6 Å². The fourth-order valence-electron chi connectivity index (χ4n) is 2.01. The Balaban J connectivity index is 1.72. The van der Waals surface area contributed by atoms with Crippen LogP contribution in [0, 0.1) is 13.8 Å². The molecule has 7 nitrogen and oxygen atoms in total. The molecule has 3 heterocycles. The number of furan rings is 1. The van der Waals surface area contributed by atoms with E-state index in [4.69, 9.17) is 4.42 Å². The van der Waals surface area contributed by atoms with Crippen molar-refractivity contribution in [1.29, 1.82) is 0 Å². The first kappa shape index (κ1) is 14.0. The van der Waals surface area contributed by atoms with Gasteiger partial charge in [0.1, 0.15) is 23.5 Å². The summed E-state index contributed by atoms with van der Waals surface area (Å²) in [5, 5.41) is 9.66. The minimum Gasteiger partial charge on any atom is -0.460 e. The first-order valence-electron chi connectivity index (χ1n) is 6.80. The fourth-order valence-corrected chi connectivity index (χ4v) is 2.01. The van der Waals surface area contributed by atoms with Gasteiger partial charge in [0.05, 0.1) is 12.2 Å². The smallest absolute Gasteiger partial charge is 0.270 e. The Hall–Kier alpha value is -2.96. The van der Waals surface area contributed by atoms with E-state index in [2.05, 4.69) is 25.5 Å². The van der Waals surface area contributed by atoms with Crippen molar-refractivity contribution in [3.05, 3.63) is 53.4 Å². The number of carbonyl (C=O) groups is 1. The van der Waals surface area contributed by atoms with E-state index >= 15 is 0 Å². The summed E-state index contributed by atoms with van der Waals surface area (Å²) in [6, 6.07) is 7.13. The lowest BCUT2D eigenvalue weighted by atomic mass is 10.2. The van der Waals surface area contributed by atoms with E-state index < -0.39 is 0 Å². The first-order chi connectivity index (χ1) is 10.6. The molecule has 0 fully saturated rings. The summed E-state index contributed by atoms with van der Waals surface area (Å²) < 4.78 is 5.50. The van der Waals surface area contributed by atoms with Crippen LogP contribution in [0.5, 0.6) is 0 Å². The van der Waals surface area contributed by atoms with Gasteiger partial charge >= 0.3 is 0 Å². The van der Waals surface area contributed by atoms with Crippen LogP contribution in [-0.4, -0.2) is 26.1 Å². The van der Waals surface area contributed by atoms with Crippen LogP contribution in [0.25, 0.3) is 11.5 Å². The molecule has 1 amide bonds. The van der Waals surface area contributed by atoms with Crippen LogP contribution in [0.4, 0.5) is 0 Å². The van der Waals surface area contributed by atoms with Crippen LogP contribution >= 0.6 is 0 Å². The second kappa shape index (κ2) is 5.80. The second-order valence-corrected chi connectivity index (χ2v) is 4.92. The van der Waals surface area contributed by atoms with E-state index in [1.807, 2.05) is 32.0 Å². The molecule has 7 heteroatoms. The molecule has 2 N–H and O–H groups in total. The summed E-state index contributed by atoms with van der Waals surface area (Å²) >= 11 is 0. The lowest BCUT2D eigenvalue weighted by Crippen LogP contribution is -2.24. The lowest BCUT2D eigenvalue weighted by molar-refractivity contribution is 0.0945. The summed E-state index contributed by atoms with van der Waals surface area (Å²) in [4.78, 5) is 20.3. The second-order valence-electron chi connectivity index (χ2n) is 4.92. The molecule has 112 valence electrons. The van der Waals surface area contributed by atoms with Crippen LogP contribution < -0.4 is 5.32 Å². The van der Waals surface area contributed by atoms with Crippen LogP contribution in [0.3, 0.4) is 0 Å². The number of rotatable bonds is 4. The topological polar surface area (TPSA) is 96.7 Å². The zero-order chi connectivity index (χ0) is 15.5. The molecule has 0 aliphatic carbocycles. The summed E-state index contributed by atoms with van der Waals surface area (Å²) in [5.41, 5.74) is 2.57. The molecule has 0 saturated heterocycles. The number of aryl methyl sites for hydroxylation is 2. The molecule has 3 rings (SSSR count). The standard InChI is InChI=1S/C15H15N5O2/c1-9-5-11(20-19-9)7-16-15(21)13-6-12(17-8-18-13)14-4-3-10(2)22-14/h3-6,8H,7H2,1-2H3,(H,16,21)(H,19,20). The number of aromatic amines is 1. The van der Waals surface area contributed by atoms with Crippen molar-refractivity contribution in [1.82, 2.24) is 25.5 Å². The number of aromatic nitrogens is 4. The summed E-state index contributed by atoms with van der Waals surface area (Å²) in [6.45, 7) is 4.09. The molecule has 22 heavy (non-hydrogen) atoms. The SMILES string of the molecule is Cc1cc(CNC(=O)c2cc(-c3ccc(C)o3)ncn2)n[nH]1. The van der Waals surface area contributed by atoms with E-state index in [1.54, 1.807) is 6.07 Å². The molecule has 0 spiro atoms. The predicted octanol–water partition coefficient (Wildman–Crippen LogP) is 2.01. The molecule has 0 unspecified atom stereocenters. The number of hydrogen-bond acceptors (Lipinski definition) is 5. The molecular weight excluding hydrogens is 282 g/mol. The highest BCUT2D eigenvalue weighted by Gasteiger charge is 2.12. The molecule has 0 aliphatic rings. The highest BCUT2D eigenvalue weighted by atomic mass is 16.3. The van der Waals surface area contributed by atoms with Crippen molar-refractivity contribution in [3.63, 3.8) is 0 Å². The van der Waals surface area contributed by atoms with Crippen molar-refractivity contribution in [2.24, 2.45) is 0 Å². The van der Waals surface area contributed by atoms with Crippen molar-refractivity contribution >= 4 is 5.91 Å². The fraction of sp³-hybridized carbons (Fsp3) is 0.200. The van der Waals surface area contributed by atoms with E-state index in [0.717, 1.165) is 17.1 Å². The van der Waals surface area contributed by atoms with E-state index in [0.29, 0.717) is 18.0 Å². The normalized spacial score (nSPS) is 10.6. The average molecular weight is 297 g/mol. The molecule has 0 aliphatic heterocycles. The number of carbonyl (C=O) groups excluding carboxylic acids is 1. The number of hydrogen-bond donors (Lipinski definition) is 2. The summed E-state index contributed by atoms with van der Waals surface area (Å²) in [5.74, 6) is 1.11. The maximum absolute atomic E-state index is 12.1. The molecule has 0 atom stereocenters. The first-order valence-corrected chi connectivity index (χ1v) is 6.80. The minimum absolute atomic E-state index is 0.284. The number of H-pyrrole nitrogens is 1. The predicted molar refractivity (Wildman–Crippen MR) is 79.0 cm³/mol. The number of amides is 1. The maximum atomic E-state index is 12.1. The van der Waals surface area contributed by atoms with Gasteiger partial charge in [0.2, 0.25) is 0 Å². The third-order valence-corrected chi connectivity index (χ3v) is 3.08. The van der Waals surface area contributed by atoms with Crippen LogP contribution in [0.15, 0.2) is 35.0 Å². The molecule has 3 aromatic heterocycles. The summed E-state index contributed by atoms with van der Waals surface area (Å²) in [6.07, 6.45) is 1.35. The quantitative estimate of drug-likeness (QED) is 0.767. The Labute approximate surface area is 126 Å². The van der Waals surface area contributed by atoms with Gasteiger partial charge in [-0.3, -0.25) is 9.89 Å². The molecule has 0 radical (unpaired) electrons. The van der Waals surface area contributed by atoms with E-state index in [1.165, 1.54) is 6.33 Å². The van der Waals surface area contributed by atoms with Gasteiger partial charge in [0, 0.05) is 5.69 Å². The van der Waals surface area contributed by atoms with Gasteiger partial charge < -0.3 is 9.73 Å². The van der Waals surface area contributed by atoms with Crippen molar-refractivity contribution < 1.29 is 9.21 Å². The van der Waals surface area contributed by atoms with Gasteiger partial charge in [-0.2, -0.15) is 5.10 Å². The van der Waals surface area contributed by atoms with Crippen molar-refractivity contribution in [2.75, 3.05) is 0 Å². The zero-order valence-corrected chi connectivity index (χ0v) is 12.3. The Kier molecular flexibility index (Phi) is 3.69. The molecule has 0 saturated carbocycles. The number of nitrogens with zero attached hydrogens (tertiary/aromatic N) is 3.